The number of oxazole rings is 1. The predicted octanol–water partition coefficient (Wildman–Crippen LogP) is 5.17. The summed E-state index contributed by atoms with van der Waals surface area (Å²) in [7, 11) is 0. The second-order valence-corrected chi connectivity index (χ2v) is 6.24. The van der Waals surface area contributed by atoms with Crippen molar-refractivity contribution in [3.63, 3.8) is 0 Å². The molecule has 0 saturated carbocycles. The van der Waals surface area contributed by atoms with E-state index in [2.05, 4.69) is 10.3 Å². The summed E-state index contributed by atoms with van der Waals surface area (Å²) in [4.78, 5) is 16.6. The molecule has 4 rings (SSSR count). The van der Waals surface area contributed by atoms with Gasteiger partial charge in [0.2, 0.25) is 5.89 Å². The first-order valence-corrected chi connectivity index (χ1v) is 8.70. The summed E-state index contributed by atoms with van der Waals surface area (Å²) in [6.07, 6.45) is 0. The molecule has 0 aliphatic carbocycles. The first-order valence-electron chi connectivity index (χ1n) is 8.32. The number of carbonyl (C=O) groups is 1. The van der Waals surface area contributed by atoms with Gasteiger partial charge in [0, 0.05) is 11.3 Å². The maximum atomic E-state index is 12.2. The zero-order chi connectivity index (χ0) is 18.6. The summed E-state index contributed by atoms with van der Waals surface area (Å²) < 4.78 is 11.2. The van der Waals surface area contributed by atoms with Gasteiger partial charge in [-0.3, -0.25) is 4.79 Å². The van der Waals surface area contributed by atoms with Crippen LogP contribution in [0.1, 0.15) is 0 Å². The van der Waals surface area contributed by atoms with Crippen molar-refractivity contribution in [3.05, 3.63) is 77.8 Å². The number of fused-ring (bicyclic) bond motifs is 1. The Labute approximate surface area is 160 Å². The largest absolute Gasteiger partial charge is 0.482 e. The number of ether oxygens (including phenoxy) is 1. The Bertz CT molecular complexity index is 1070. The lowest BCUT2D eigenvalue weighted by Gasteiger charge is -2.09. The molecule has 134 valence electrons. The number of nitrogens with one attached hydrogen (secondary N) is 1. The maximum Gasteiger partial charge on any atom is 0.262 e. The van der Waals surface area contributed by atoms with E-state index >= 15 is 0 Å². The van der Waals surface area contributed by atoms with E-state index in [9.17, 15) is 4.79 Å². The Morgan fingerprint density at radius 2 is 1.85 bits per heavy atom. The van der Waals surface area contributed by atoms with Gasteiger partial charge in [0.1, 0.15) is 11.3 Å². The van der Waals surface area contributed by atoms with Crippen LogP contribution in [0.4, 0.5) is 5.69 Å². The third kappa shape index (κ3) is 3.93. The molecule has 0 radical (unpaired) electrons. The van der Waals surface area contributed by atoms with E-state index in [1.54, 1.807) is 36.4 Å². The van der Waals surface area contributed by atoms with E-state index in [0.29, 0.717) is 22.4 Å². The highest BCUT2D eigenvalue weighted by molar-refractivity contribution is 6.32. The molecule has 1 heterocycles. The van der Waals surface area contributed by atoms with Crippen molar-refractivity contribution < 1.29 is 13.9 Å². The van der Waals surface area contributed by atoms with Gasteiger partial charge in [-0.15, -0.1) is 0 Å². The van der Waals surface area contributed by atoms with Crippen LogP contribution in [0.2, 0.25) is 5.02 Å². The standard InChI is InChI=1S/C21H15ClN2O3/c22-16-8-1-3-10-18(16)26-13-20(25)23-15-7-5-6-14(12-15)21-24-17-9-2-4-11-19(17)27-21/h1-12H,13H2,(H,23,25). The van der Waals surface area contributed by atoms with Gasteiger partial charge in [-0.05, 0) is 42.5 Å². The number of anilines is 1. The Kier molecular flexibility index (Phi) is 4.77. The van der Waals surface area contributed by atoms with Crippen molar-refractivity contribution in [3.8, 4) is 17.2 Å². The molecule has 0 spiro atoms. The Hall–Kier alpha value is -3.31. The van der Waals surface area contributed by atoms with Crippen molar-refractivity contribution >= 4 is 34.3 Å². The van der Waals surface area contributed by atoms with E-state index < -0.39 is 0 Å². The molecule has 0 fully saturated rings. The minimum absolute atomic E-state index is 0.142. The number of rotatable bonds is 5. The molecule has 5 nitrogen and oxygen atoms in total. The molecule has 1 aromatic heterocycles. The lowest BCUT2D eigenvalue weighted by atomic mass is 10.2. The predicted molar refractivity (Wildman–Crippen MR) is 105 cm³/mol. The summed E-state index contributed by atoms with van der Waals surface area (Å²) >= 11 is 6.02. The van der Waals surface area contributed by atoms with Crippen LogP contribution in [-0.4, -0.2) is 17.5 Å². The molecular formula is C21H15ClN2O3. The average molecular weight is 379 g/mol. The topological polar surface area (TPSA) is 64.4 Å². The van der Waals surface area contributed by atoms with Crippen molar-refractivity contribution in [2.75, 3.05) is 11.9 Å². The molecular weight excluding hydrogens is 364 g/mol. The molecule has 27 heavy (non-hydrogen) atoms. The molecule has 0 aliphatic rings. The lowest BCUT2D eigenvalue weighted by molar-refractivity contribution is -0.118. The highest BCUT2D eigenvalue weighted by Gasteiger charge is 2.10. The number of nitrogens with zero attached hydrogens (tertiary/aromatic N) is 1. The van der Waals surface area contributed by atoms with Crippen molar-refractivity contribution in [1.29, 1.82) is 0 Å². The van der Waals surface area contributed by atoms with Gasteiger partial charge in [0.25, 0.3) is 5.91 Å². The lowest BCUT2D eigenvalue weighted by Crippen LogP contribution is -2.20. The first-order chi connectivity index (χ1) is 13.2. The van der Waals surface area contributed by atoms with Gasteiger partial charge in [0.05, 0.1) is 5.02 Å². The number of para-hydroxylation sites is 3. The van der Waals surface area contributed by atoms with Crippen LogP contribution >= 0.6 is 11.6 Å². The smallest absolute Gasteiger partial charge is 0.262 e. The number of aromatic nitrogens is 1. The molecule has 1 amide bonds. The van der Waals surface area contributed by atoms with Gasteiger partial charge in [0.15, 0.2) is 12.2 Å². The molecule has 0 atom stereocenters. The molecule has 4 aromatic rings. The van der Waals surface area contributed by atoms with Crippen molar-refractivity contribution in [2.45, 2.75) is 0 Å². The third-order valence-corrected chi connectivity index (χ3v) is 4.19. The summed E-state index contributed by atoms with van der Waals surface area (Å²) in [6, 6.07) is 21.9. The highest BCUT2D eigenvalue weighted by Crippen LogP contribution is 2.26. The zero-order valence-corrected chi connectivity index (χ0v) is 14.9. The molecule has 3 aromatic carbocycles. The van der Waals surface area contributed by atoms with E-state index in [4.69, 9.17) is 20.8 Å². The van der Waals surface area contributed by atoms with E-state index in [0.717, 1.165) is 16.7 Å². The fraction of sp³-hybridized carbons (Fsp3) is 0.0476. The molecule has 0 aliphatic heterocycles. The Morgan fingerprint density at radius 1 is 1.04 bits per heavy atom. The summed E-state index contributed by atoms with van der Waals surface area (Å²) in [5, 5.41) is 3.26. The number of halogens is 1. The van der Waals surface area contributed by atoms with Crippen LogP contribution in [0.15, 0.2) is 77.2 Å². The summed E-state index contributed by atoms with van der Waals surface area (Å²) in [6.45, 7) is -0.142. The zero-order valence-electron chi connectivity index (χ0n) is 14.2. The van der Waals surface area contributed by atoms with E-state index in [1.165, 1.54) is 0 Å². The van der Waals surface area contributed by atoms with Crippen LogP contribution in [0.25, 0.3) is 22.6 Å². The van der Waals surface area contributed by atoms with Crippen LogP contribution < -0.4 is 10.1 Å². The van der Waals surface area contributed by atoms with Crippen LogP contribution in [0, 0.1) is 0 Å². The monoisotopic (exact) mass is 378 g/mol. The third-order valence-electron chi connectivity index (χ3n) is 3.88. The number of carbonyl (C=O) groups excluding carboxylic acids is 1. The van der Waals surface area contributed by atoms with Gasteiger partial charge in [-0.25, -0.2) is 4.98 Å². The van der Waals surface area contributed by atoms with Crippen LogP contribution in [0.5, 0.6) is 5.75 Å². The summed E-state index contributed by atoms with van der Waals surface area (Å²) in [5.74, 6) is 0.679. The van der Waals surface area contributed by atoms with Gasteiger partial charge < -0.3 is 14.5 Å². The number of benzene rings is 3. The minimum atomic E-state index is -0.287. The molecule has 0 unspecified atom stereocenters. The Balaban J connectivity index is 1.46. The van der Waals surface area contributed by atoms with E-state index in [1.807, 2.05) is 36.4 Å². The quantitative estimate of drug-likeness (QED) is 0.520. The maximum absolute atomic E-state index is 12.2. The van der Waals surface area contributed by atoms with Crippen molar-refractivity contribution in [1.82, 2.24) is 4.98 Å². The van der Waals surface area contributed by atoms with E-state index in [-0.39, 0.29) is 12.5 Å². The Morgan fingerprint density at radius 3 is 2.70 bits per heavy atom. The normalized spacial score (nSPS) is 10.7. The molecule has 0 bridgehead atoms. The number of amides is 1. The second-order valence-electron chi connectivity index (χ2n) is 5.83. The van der Waals surface area contributed by atoms with Gasteiger partial charge in [-0.2, -0.15) is 0 Å². The van der Waals surface area contributed by atoms with Crippen LogP contribution in [-0.2, 0) is 4.79 Å². The fourth-order valence-electron chi connectivity index (χ4n) is 2.63. The van der Waals surface area contributed by atoms with Gasteiger partial charge >= 0.3 is 0 Å². The number of hydrogen-bond acceptors (Lipinski definition) is 4. The molecule has 1 N–H and O–H groups in total. The van der Waals surface area contributed by atoms with Gasteiger partial charge in [-0.1, -0.05) is 41.9 Å². The SMILES string of the molecule is O=C(COc1ccccc1Cl)Nc1cccc(-c2nc3ccccc3o2)c1. The fourth-order valence-corrected chi connectivity index (χ4v) is 2.82. The first kappa shape index (κ1) is 17.1. The van der Waals surface area contributed by atoms with Crippen LogP contribution in [0.3, 0.4) is 0 Å². The van der Waals surface area contributed by atoms with Crippen molar-refractivity contribution in [2.24, 2.45) is 0 Å². The highest BCUT2D eigenvalue weighted by atomic mass is 35.5. The number of hydrogen-bond donors (Lipinski definition) is 1. The molecule has 0 saturated heterocycles. The molecule has 6 heteroatoms. The second kappa shape index (κ2) is 7.51. The summed E-state index contributed by atoms with van der Waals surface area (Å²) in [5.41, 5.74) is 2.91. The minimum Gasteiger partial charge on any atom is -0.482 e. The average Bonchev–Trinajstić information content (AvgIpc) is 3.12.